The number of hydrogen-bond donors (Lipinski definition) is 0. The first kappa shape index (κ1) is 33.2. The molecule has 0 aliphatic rings. The largest absolute Gasteiger partial charge is 0.456 e. The first-order chi connectivity index (χ1) is 28.7. The van der Waals surface area contributed by atoms with Crippen LogP contribution in [0.4, 0.5) is 17.1 Å². The second-order valence-corrected chi connectivity index (χ2v) is 17.0. The molecule has 3 heterocycles. The standard InChI is InChI=1S/C54H33NOS2/c1-4-12-34(13-5-1)37-20-24-44-46-32-39(23-29-50(46)57-51(44)30-37)55(40-22-26-43-42-18-10-11-19-48(42)56-49(43)33-40)47-28-27-41(36-16-8-3-9-17-36)54-53(47)45-25-21-38(31-52(45)58-54)35-14-6-2-7-15-35/h1-33H. The first-order valence-electron chi connectivity index (χ1n) is 19.6. The van der Waals surface area contributed by atoms with Crippen LogP contribution in [-0.2, 0) is 0 Å². The summed E-state index contributed by atoms with van der Waals surface area (Å²) in [6.07, 6.45) is 0. The van der Waals surface area contributed by atoms with E-state index in [9.17, 15) is 0 Å². The Hall–Kier alpha value is -6.98. The summed E-state index contributed by atoms with van der Waals surface area (Å²) in [6.45, 7) is 0. The summed E-state index contributed by atoms with van der Waals surface area (Å²) >= 11 is 3.74. The molecule has 0 amide bonds. The van der Waals surface area contributed by atoms with E-state index in [2.05, 4.69) is 199 Å². The maximum absolute atomic E-state index is 6.53. The van der Waals surface area contributed by atoms with Crippen LogP contribution in [0.2, 0.25) is 0 Å². The van der Waals surface area contributed by atoms with Crippen LogP contribution in [0.15, 0.2) is 205 Å². The third-order valence-corrected chi connectivity index (χ3v) is 13.8. The van der Waals surface area contributed by atoms with Gasteiger partial charge in [-0.05, 0) is 88.0 Å². The van der Waals surface area contributed by atoms with Crippen LogP contribution in [0.5, 0.6) is 0 Å². The van der Waals surface area contributed by atoms with E-state index in [0.717, 1.165) is 39.0 Å². The molecule has 0 N–H and O–H groups in total. The topological polar surface area (TPSA) is 16.4 Å². The Labute approximate surface area is 343 Å². The van der Waals surface area contributed by atoms with E-state index >= 15 is 0 Å². The lowest BCUT2D eigenvalue weighted by Gasteiger charge is -2.27. The molecule has 12 aromatic rings. The van der Waals surface area contributed by atoms with E-state index in [1.165, 1.54) is 73.7 Å². The average Bonchev–Trinajstić information content (AvgIpc) is 3.98. The molecule has 0 aliphatic carbocycles. The molecule has 0 saturated heterocycles. The van der Waals surface area contributed by atoms with Gasteiger partial charge in [0.2, 0.25) is 0 Å². The molecule has 0 fully saturated rings. The van der Waals surface area contributed by atoms with Gasteiger partial charge in [0.25, 0.3) is 0 Å². The molecule has 12 rings (SSSR count). The molecule has 0 unspecified atom stereocenters. The lowest BCUT2D eigenvalue weighted by Crippen LogP contribution is -2.10. The van der Waals surface area contributed by atoms with Crippen molar-refractivity contribution in [3.8, 4) is 33.4 Å². The molecule has 0 radical (unpaired) electrons. The number of benzene rings is 9. The van der Waals surface area contributed by atoms with E-state index in [4.69, 9.17) is 4.42 Å². The second-order valence-electron chi connectivity index (χ2n) is 14.9. The number of thiophene rings is 2. The van der Waals surface area contributed by atoms with Gasteiger partial charge in [0, 0.05) is 68.6 Å². The highest BCUT2D eigenvalue weighted by Gasteiger charge is 2.23. The molecule has 0 atom stereocenters. The smallest absolute Gasteiger partial charge is 0.137 e. The molecule has 58 heavy (non-hydrogen) atoms. The number of nitrogens with zero attached hydrogens (tertiary/aromatic N) is 1. The quantitative estimate of drug-likeness (QED) is 0.167. The number of anilines is 3. The van der Waals surface area contributed by atoms with Crippen molar-refractivity contribution in [1.82, 2.24) is 0 Å². The number of rotatable bonds is 6. The van der Waals surface area contributed by atoms with E-state index in [0.29, 0.717) is 0 Å². The van der Waals surface area contributed by atoms with E-state index in [-0.39, 0.29) is 0 Å². The third-order valence-electron chi connectivity index (χ3n) is 11.5. The molecular weight excluding hydrogens is 743 g/mol. The summed E-state index contributed by atoms with van der Waals surface area (Å²) < 4.78 is 11.6. The summed E-state index contributed by atoms with van der Waals surface area (Å²) in [5, 5.41) is 7.27. The minimum absolute atomic E-state index is 0.874. The van der Waals surface area contributed by atoms with E-state index in [1.54, 1.807) is 0 Å². The SMILES string of the molecule is c1ccc(-c2ccc3c(c2)sc2ccc(N(c4ccc5c(c4)oc4ccccc45)c4ccc(-c5ccccc5)c5sc6cc(-c7ccccc7)ccc6c45)cc23)cc1. The zero-order chi connectivity index (χ0) is 38.2. The van der Waals surface area contributed by atoms with Crippen LogP contribution in [-0.4, -0.2) is 0 Å². The summed E-state index contributed by atoms with van der Waals surface area (Å²) in [5.41, 5.74) is 12.4. The number of fused-ring (bicyclic) bond motifs is 9. The van der Waals surface area contributed by atoms with Crippen LogP contribution in [0.3, 0.4) is 0 Å². The number of hydrogen-bond acceptors (Lipinski definition) is 4. The van der Waals surface area contributed by atoms with Crippen molar-refractivity contribution in [1.29, 1.82) is 0 Å². The lowest BCUT2D eigenvalue weighted by molar-refractivity contribution is 0.669. The highest BCUT2D eigenvalue weighted by molar-refractivity contribution is 7.26. The Bertz CT molecular complexity index is 3510. The fourth-order valence-corrected chi connectivity index (χ4v) is 11.1. The van der Waals surface area contributed by atoms with Crippen LogP contribution < -0.4 is 4.90 Å². The molecule has 0 aliphatic heterocycles. The van der Waals surface area contributed by atoms with Gasteiger partial charge < -0.3 is 9.32 Å². The highest BCUT2D eigenvalue weighted by atomic mass is 32.1. The summed E-state index contributed by atoms with van der Waals surface area (Å²) in [6, 6.07) is 72.7. The van der Waals surface area contributed by atoms with Crippen LogP contribution in [0.25, 0.3) is 95.7 Å². The normalized spacial score (nSPS) is 11.8. The zero-order valence-electron chi connectivity index (χ0n) is 31.2. The summed E-state index contributed by atoms with van der Waals surface area (Å²) in [5.74, 6) is 0. The van der Waals surface area contributed by atoms with Crippen molar-refractivity contribution in [3.63, 3.8) is 0 Å². The van der Waals surface area contributed by atoms with Gasteiger partial charge in [0.05, 0.1) is 5.69 Å². The highest BCUT2D eigenvalue weighted by Crippen LogP contribution is 2.50. The Morgan fingerprint density at radius 1 is 0.345 bits per heavy atom. The van der Waals surface area contributed by atoms with Gasteiger partial charge in [-0.15, -0.1) is 22.7 Å². The van der Waals surface area contributed by atoms with Crippen molar-refractivity contribution < 1.29 is 4.42 Å². The molecule has 4 heteroatoms. The van der Waals surface area contributed by atoms with Gasteiger partial charge >= 0.3 is 0 Å². The van der Waals surface area contributed by atoms with E-state index < -0.39 is 0 Å². The van der Waals surface area contributed by atoms with Gasteiger partial charge in [-0.25, -0.2) is 0 Å². The first-order valence-corrected chi connectivity index (χ1v) is 21.2. The molecule has 272 valence electrons. The third kappa shape index (κ3) is 5.37. The van der Waals surface area contributed by atoms with Crippen LogP contribution in [0, 0.1) is 0 Å². The molecule has 3 aromatic heterocycles. The van der Waals surface area contributed by atoms with Crippen molar-refractivity contribution in [3.05, 3.63) is 200 Å². The molecule has 2 nitrogen and oxygen atoms in total. The van der Waals surface area contributed by atoms with Crippen molar-refractivity contribution in [2.45, 2.75) is 0 Å². The lowest BCUT2D eigenvalue weighted by atomic mass is 9.98. The predicted molar refractivity (Wildman–Crippen MR) is 250 cm³/mol. The minimum Gasteiger partial charge on any atom is -0.456 e. The van der Waals surface area contributed by atoms with Gasteiger partial charge in [0.1, 0.15) is 11.2 Å². The van der Waals surface area contributed by atoms with Crippen LogP contribution >= 0.6 is 22.7 Å². The summed E-state index contributed by atoms with van der Waals surface area (Å²) in [4.78, 5) is 2.45. The number of furan rings is 1. The fourth-order valence-electron chi connectivity index (χ4n) is 8.70. The fraction of sp³-hybridized carbons (Fsp3) is 0. The predicted octanol–water partition coefficient (Wildman–Crippen LogP) is 16.8. The molecule has 0 saturated carbocycles. The van der Waals surface area contributed by atoms with Crippen molar-refractivity contribution in [2.75, 3.05) is 4.90 Å². The Morgan fingerprint density at radius 3 is 1.67 bits per heavy atom. The Balaban J connectivity index is 1.12. The maximum atomic E-state index is 6.53. The van der Waals surface area contributed by atoms with E-state index in [1.807, 2.05) is 28.7 Å². The average molecular weight is 776 g/mol. The van der Waals surface area contributed by atoms with Gasteiger partial charge in [-0.2, -0.15) is 0 Å². The Kier molecular flexibility index (Phi) is 7.62. The molecule has 0 spiro atoms. The second kappa shape index (κ2) is 13.3. The maximum Gasteiger partial charge on any atom is 0.137 e. The van der Waals surface area contributed by atoms with Crippen molar-refractivity contribution in [2.24, 2.45) is 0 Å². The Morgan fingerprint density at radius 2 is 0.931 bits per heavy atom. The minimum atomic E-state index is 0.874. The zero-order valence-corrected chi connectivity index (χ0v) is 32.9. The van der Waals surface area contributed by atoms with Gasteiger partial charge in [-0.3, -0.25) is 0 Å². The van der Waals surface area contributed by atoms with Gasteiger partial charge in [0.15, 0.2) is 0 Å². The van der Waals surface area contributed by atoms with Gasteiger partial charge in [-0.1, -0.05) is 140 Å². The molecule has 9 aromatic carbocycles. The monoisotopic (exact) mass is 775 g/mol. The molecular formula is C54H33NOS2. The molecule has 0 bridgehead atoms. The summed E-state index contributed by atoms with van der Waals surface area (Å²) in [7, 11) is 0. The van der Waals surface area contributed by atoms with Crippen LogP contribution in [0.1, 0.15) is 0 Å². The number of para-hydroxylation sites is 1. The van der Waals surface area contributed by atoms with Crippen molar-refractivity contribution >= 4 is 102 Å².